The molecule has 2 atom stereocenters. The Labute approximate surface area is 327 Å². The minimum atomic E-state index is -4.37. The number of carbonyl (C=O) groups excluding carboxylic acids is 2. The largest absolute Gasteiger partial charge is 0.472 e. The Morgan fingerprint density at radius 2 is 0.811 bits per heavy atom. The summed E-state index contributed by atoms with van der Waals surface area (Å²) in [5.74, 6) is -0.811. The van der Waals surface area contributed by atoms with Crippen molar-refractivity contribution in [2.75, 3.05) is 26.4 Å². The molecule has 0 heterocycles. The van der Waals surface area contributed by atoms with Crippen molar-refractivity contribution in [3.8, 4) is 0 Å². The third-order valence-electron chi connectivity index (χ3n) is 9.99. The van der Waals surface area contributed by atoms with Gasteiger partial charge in [0, 0.05) is 19.4 Å². The first-order chi connectivity index (χ1) is 25.8. The molecule has 1 unspecified atom stereocenters. The highest BCUT2D eigenvalue weighted by molar-refractivity contribution is 7.47. The second kappa shape index (κ2) is 40.7. The summed E-state index contributed by atoms with van der Waals surface area (Å²) in [7, 11) is -4.37. The molecular weight excluding hydrogens is 689 g/mol. The third-order valence-corrected chi connectivity index (χ3v) is 11.0. The maximum Gasteiger partial charge on any atom is 0.472 e. The molecule has 9 nitrogen and oxygen atoms in total. The van der Waals surface area contributed by atoms with Crippen molar-refractivity contribution in [2.45, 2.75) is 238 Å². The summed E-state index contributed by atoms with van der Waals surface area (Å²) in [5.41, 5.74) is 5.35. The van der Waals surface area contributed by atoms with Crippen LogP contribution in [-0.4, -0.2) is 49.3 Å². The molecule has 0 amide bonds. The number of rotatable bonds is 43. The van der Waals surface area contributed by atoms with Crippen LogP contribution in [0.1, 0.15) is 232 Å². The van der Waals surface area contributed by atoms with Gasteiger partial charge in [0.25, 0.3) is 0 Å². The molecule has 0 aromatic rings. The van der Waals surface area contributed by atoms with Gasteiger partial charge in [-0.2, -0.15) is 0 Å². The fourth-order valence-electron chi connectivity index (χ4n) is 6.64. The standard InChI is InChI=1S/C43H86NO8P/c1-3-5-7-9-11-13-15-17-19-20-22-23-25-27-29-31-33-35-42(45)49-39-41(40-51-53(47,48)50-38-37-44)52-43(46)36-34-32-30-28-26-24-21-18-16-14-12-10-8-6-4-2/h41H,3-40,44H2,1-2H3,(H,47,48)/t41-/m1/s1. The second-order valence-corrected chi connectivity index (χ2v) is 16.7. The lowest BCUT2D eigenvalue weighted by Crippen LogP contribution is -2.29. The molecule has 0 aromatic heterocycles. The average molecular weight is 776 g/mol. The Kier molecular flexibility index (Phi) is 39.9. The topological polar surface area (TPSA) is 134 Å². The van der Waals surface area contributed by atoms with E-state index in [4.69, 9.17) is 24.3 Å². The molecule has 0 aromatic carbocycles. The van der Waals surface area contributed by atoms with Crippen LogP contribution in [0.2, 0.25) is 0 Å². The van der Waals surface area contributed by atoms with E-state index in [1.165, 1.54) is 167 Å². The van der Waals surface area contributed by atoms with Gasteiger partial charge in [0.2, 0.25) is 0 Å². The fourth-order valence-corrected chi connectivity index (χ4v) is 7.40. The van der Waals surface area contributed by atoms with Gasteiger partial charge < -0.3 is 20.1 Å². The minimum Gasteiger partial charge on any atom is -0.462 e. The Hall–Kier alpha value is -0.990. The number of carbonyl (C=O) groups is 2. The average Bonchev–Trinajstić information content (AvgIpc) is 3.14. The number of phosphoric ester groups is 1. The number of hydrogen-bond acceptors (Lipinski definition) is 8. The van der Waals surface area contributed by atoms with Crippen LogP contribution < -0.4 is 5.73 Å². The van der Waals surface area contributed by atoms with Gasteiger partial charge in [0.15, 0.2) is 6.10 Å². The molecule has 316 valence electrons. The van der Waals surface area contributed by atoms with Gasteiger partial charge in [-0.15, -0.1) is 0 Å². The third kappa shape index (κ3) is 40.5. The molecule has 0 aliphatic rings. The van der Waals surface area contributed by atoms with Crippen LogP contribution in [0.4, 0.5) is 0 Å². The molecule has 3 N–H and O–H groups in total. The van der Waals surface area contributed by atoms with Crippen LogP contribution in [0.3, 0.4) is 0 Å². The number of unbranched alkanes of at least 4 members (excludes halogenated alkanes) is 30. The van der Waals surface area contributed by atoms with Crippen LogP contribution in [0.15, 0.2) is 0 Å². The van der Waals surface area contributed by atoms with E-state index in [1.54, 1.807) is 0 Å². The first-order valence-corrected chi connectivity index (χ1v) is 24.0. The van der Waals surface area contributed by atoms with Gasteiger partial charge in [-0.25, -0.2) is 4.57 Å². The highest BCUT2D eigenvalue weighted by Crippen LogP contribution is 2.43. The van der Waals surface area contributed by atoms with Gasteiger partial charge in [-0.1, -0.05) is 206 Å². The van der Waals surface area contributed by atoms with Crippen LogP contribution in [0.25, 0.3) is 0 Å². The van der Waals surface area contributed by atoms with Crippen LogP contribution in [0, 0.1) is 0 Å². The second-order valence-electron chi connectivity index (χ2n) is 15.3. The van der Waals surface area contributed by atoms with Crippen LogP contribution in [0.5, 0.6) is 0 Å². The molecule has 0 rings (SSSR count). The number of esters is 2. The summed E-state index contributed by atoms with van der Waals surface area (Å²) in [4.78, 5) is 34.9. The van der Waals surface area contributed by atoms with Crippen molar-refractivity contribution in [2.24, 2.45) is 5.73 Å². The van der Waals surface area contributed by atoms with E-state index in [9.17, 15) is 19.0 Å². The Morgan fingerprint density at radius 1 is 0.491 bits per heavy atom. The fraction of sp³-hybridized carbons (Fsp3) is 0.953. The molecule has 0 radical (unpaired) electrons. The number of nitrogens with two attached hydrogens (primary N) is 1. The van der Waals surface area contributed by atoms with Crippen molar-refractivity contribution in [1.82, 2.24) is 0 Å². The predicted octanol–water partition coefficient (Wildman–Crippen LogP) is 12.8. The summed E-state index contributed by atoms with van der Waals surface area (Å²) >= 11 is 0. The highest BCUT2D eigenvalue weighted by Gasteiger charge is 2.26. The summed E-state index contributed by atoms with van der Waals surface area (Å²) in [6.45, 7) is 3.78. The van der Waals surface area contributed by atoms with E-state index in [0.717, 1.165) is 32.1 Å². The first kappa shape index (κ1) is 52.0. The Bertz CT molecular complexity index is 845. The predicted molar refractivity (Wildman–Crippen MR) is 220 cm³/mol. The van der Waals surface area contributed by atoms with Crippen LogP contribution >= 0.6 is 7.82 Å². The van der Waals surface area contributed by atoms with Crippen LogP contribution in [-0.2, 0) is 32.7 Å². The summed E-state index contributed by atoms with van der Waals surface area (Å²) < 4.78 is 32.8. The molecule has 0 aliphatic carbocycles. The lowest BCUT2D eigenvalue weighted by molar-refractivity contribution is -0.161. The number of ether oxygens (including phenoxy) is 2. The zero-order valence-electron chi connectivity index (χ0n) is 34.8. The first-order valence-electron chi connectivity index (χ1n) is 22.5. The van der Waals surface area contributed by atoms with E-state index in [1.807, 2.05) is 0 Å². The summed E-state index contributed by atoms with van der Waals surface area (Å²) in [6, 6.07) is 0. The number of phosphoric acid groups is 1. The normalized spacial score (nSPS) is 13.2. The van der Waals surface area contributed by atoms with Gasteiger partial charge in [0.1, 0.15) is 6.61 Å². The van der Waals surface area contributed by atoms with Gasteiger partial charge in [0.05, 0.1) is 13.2 Å². The Morgan fingerprint density at radius 3 is 1.15 bits per heavy atom. The Balaban J connectivity index is 4.07. The lowest BCUT2D eigenvalue weighted by Gasteiger charge is -2.19. The maximum atomic E-state index is 12.6. The minimum absolute atomic E-state index is 0.0581. The van der Waals surface area contributed by atoms with Crippen molar-refractivity contribution in [3.63, 3.8) is 0 Å². The molecule has 0 spiro atoms. The molecule has 0 bridgehead atoms. The summed E-state index contributed by atoms with van der Waals surface area (Å²) in [6.07, 6.45) is 39.8. The molecule has 10 heteroatoms. The molecule has 0 saturated heterocycles. The van der Waals surface area contributed by atoms with Crippen molar-refractivity contribution >= 4 is 19.8 Å². The lowest BCUT2D eigenvalue weighted by atomic mass is 10.0. The highest BCUT2D eigenvalue weighted by atomic mass is 31.2. The zero-order chi connectivity index (χ0) is 38.9. The monoisotopic (exact) mass is 776 g/mol. The smallest absolute Gasteiger partial charge is 0.462 e. The van der Waals surface area contributed by atoms with Gasteiger partial charge in [-0.3, -0.25) is 18.6 Å². The van der Waals surface area contributed by atoms with E-state index < -0.39 is 26.5 Å². The molecule has 0 saturated carbocycles. The quantitative estimate of drug-likeness (QED) is 0.0352. The summed E-state index contributed by atoms with van der Waals surface area (Å²) in [5, 5.41) is 0. The zero-order valence-corrected chi connectivity index (χ0v) is 35.7. The van der Waals surface area contributed by atoms with Gasteiger partial charge >= 0.3 is 19.8 Å². The van der Waals surface area contributed by atoms with Crippen molar-refractivity contribution < 1.29 is 37.6 Å². The molecular formula is C43H86NO8P. The molecule has 0 fully saturated rings. The van der Waals surface area contributed by atoms with E-state index >= 15 is 0 Å². The van der Waals surface area contributed by atoms with E-state index in [2.05, 4.69) is 13.8 Å². The van der Waals surface area contributed by atoms with E-state index in [0.29, 0.717) is 6.42 Å². The van der Waals surface area contributed by atoms with Gasteiger partial charge in [-0.05, 0) is 12.8 Å². The van der Waals surface area contributed by atoms with Crippen molar-refractivity contribution in [1.29, 1.82) is 0 Å². The van der Waals surface area contributed by atoms with Crippen molar-refractivity contribution in [3.05, 3.63) is 0 Å². The molecule has 0 aliphatic heterocycles. The molecule has 53 heavy (non-hydrogen) atoms. The SMILES string of the molecule is CCCCCCCCCCCCCCCCCCCC(=O)OC[C@H](COP(=O)(O)OCCN)OC(=O)CCCCCCCCCCCCCCCCC. The maximum absolute atomic E-state index is 12.6. The number of hydrogen-bond donors (Lipinski definition) is 2. The van der Waals surface area contributed by atoms with E-state index in [-0.39, 0.29) is 38.6 Å².